The lowest BCUT2D eigenvalue weighted by Crippen LogP contribution is -2.60. The maximum atomic E-state index is 14.8. The normalized spacial score (nSPS) is 33.4. The van der Waals surface area contributed by atoms with Crippen LogP contribution in [0.4, 0.5) is 4.79 Å². The number of imidazole rings is 1. The van der Waals surface area contributed by atoms with Crippen LogP contribution in [0.3, 0.4) is 0 Å². The van der Waals surface area contributed by atoms with E-state index in [9.17, 15) is 29.4 Å². The van der Waals surface area contributed by atoms with E-state index in [1.54, 1.807) is 62.9 Å². The van der Waals surface area contributed by atoms with E-state index in [1.165, 1.54) is 14.0 Å². The number of esters is 1. The molecule has 6 heterocycles. The van der Waals surface area contributed by atoms with E-state index >= 15 is 0 Å². The van der Waals surface area contributed by atoms with Gasteiger partial charge < -0.3 is 48.3 Å². The number of halogens is 1. The molecule has 0 aliphatic carbocycles. The van der Waals surface area contributed by atoms with Crippen molar-refractivity contribution in [2.24, 2.45) is 23.7 Å². The number of unbranched alkanes of at least 4 members (excludes halogenated alkanes) is 1. The number of carbonyl (C=O) groups is 4. The molecular formula is C47H69IN8O11. The van der Waals surface area contributed by atoms with E-state index in [0.717, 1.165) is 17.0 Å². The summed E-state index contributed by atoms with van der Waals surface area (Å²) in [5.41, 5.74) is -0.294. The summed E-state index contributed by atoms with van der Waals surface area (Å²) >= 11 is 1.93. The molecule has 3 fully saturated rings. The lowest BCUT2D eigenvalue weighted by atomic mass is 9.74. The smallest absolute Gasteiger partial charge is 0.410 e. The fraction of sp³-hybridized carbons (Fsp3) is 0.702. The van der Waals surface area contributed by atoms with Crippen LogP contribution in [0.1, 0.15) is 86.3 Å². The van der Waals surface area contributed by atoms with Gasteiger partial charge in [0.2, 0.25) is 0 Å². The summed E-state index contributed by atoms with van der Waals surface area (Å²) in [7, 11) is 3.39. The van der Waals surface area contributed by atoms with Gasteiger partial charge >= 0.3 is 12.1 Å². The van der Waals surface area contributed by atoms with Gasteiger partial charge in [-0.05, 0) is 102 Å². The van der Waals surface area contributed by atoms with E-state index in [0.29, 0.717) is 51.7 Å². The Bertz CT molecular complexity index is 2140. The number of aliphatic hydroxyl groups is 2. The lowest BCUT2D eigenvalue weighted by molar-refractivity contribution is -0.296. The predicted octanol–water partition coefficient (Wildman–Crippen LogP) is 4.50. The van der Waals surface area contributed by atoms with Crippen molar-refractivity contribution in [3.8, 4) is 11.3 Å². The van der Waals surface area contributed by atoms with Gasteiger partial charge in [-0.1, -0.05) is 26.0 Å². The van der Waals surface area contributed by atoms with Crippen molar-refractivity contribution in [3.05, 3.63) is 48.9 Å². The number of hydrogen-bond donors (Lipinski definition) is 2. The first-order valence-electron chi connectivity index (χ1n) is 23.4. The number of Topliss-reactive ketones (excluding diaryl/α,β-unsaturated/α-hetero) is 2. The van der Waals surface area contributed by atoms with Crippen LogP contribution in [-0.4, -0.2) is 159 Å². The van der Waals surface area contributed by atoms with Gasteiger partial charge in [0.15, 0.2) is 21.8 Å². The van der Waals surface area contributed by atoms with Gasteiger partial charge in [0.05, 0.1) is 41.6 Å². The minimum Gasteiger partial charge on any atom is -0.447 e. The first kappa shape index (κ1) is 52.4. The molecule has 3 aliphatic heterocycles. The van der Waals surface area contributed by atoms with Crippen LogP contribution >= 0.6 is 22.6 Å². The standard InChI is InChI=1S/C47H69IN8O11/c1-28-23-46(6,63-9)41(65-43-39(60)36(22-29(2)64-43)53(8)20-15-34-25-55(52-51-34)18-13-21-57)31(4)38(59)32(5)42(61)66-44(48)47(7)40(30(3)37(28)58)56(45(62)67-47)19-11-10-17-54-26-35(50-27-54)33-14-12-16-49-24-33/h12,14,16,24-32,36,39-41,43-44,57,60H,10-11,13,15,17-23H2,1-9H3/t28-,29-,30+,31+,32-,36+,39-,40-,41-,43+,44+,46-,47+/m1/s1. The zero-order valence-electron chi connectivity index (χ0n) is 40.2. The topological polar surface area (TPSA) is 223 Å². The summed E-state index contributed by atoms with van der Waals surface area (Å²) in [6.45, 7) is 14.1. The van der Waals surface area contributed by atoms with Crippen LogP contribution in [0.5, 0.6) is 0 Å². The highest BCUT2D eigenvalue weighted by Gasteiger charge is 2.60. The van der Waals surface area contributed by atoms with Gasteiger partial charge in [0.25, 0.3) is 0 Å². The number of nitrogens with zero attached hydrogens (tertiary/aromatic N) is 8. The fourth-order valence-electron chi connectivity index (χ4n) is 10.0. The molecule has 6 rings (SSSR count). The molecule has 20 heteroatoms. The van der Waals surface area contributed by atoms with Gasteiger partial charge in [-0.2, -0.15) is 0 Å². The Morgan fingerprint density at radius 1 is 1.00 bits per heavy atom. The monoisotopic (exact) mass is 1050 g/mol. The zero-order valence-corrected chi connectivity index (χ0v) is 42.4. The molecule has 3 saturated heterocycles. The summed E-state index contributed by atoms with van der Waals surface area (Å²) in [5, 5.41) is 29.5. The Kier molecular flexibility index (Phi) is 17.7. The molecule has 370 valence electrons. The number of aliphatic hydroxyl groups excluding tert-OH is 2. The molecule has 67 heavy (non-hydrogen) atoms. The molecule has 1 amide bonds. The van der Waals surface area contributed by atoms with Crippen molar-refractivity contribution in [1.29, 1.82) is 0 Å². The minimum atomic E-state index is -1.45. The van der Waals surface area contributed by atoms with Crippen molar-refractivity contribution in [2.45, 2.75) is 152 Å². The molecule has 0 bridgehead atoms. The zero-order chi connectivity index (χ0) is 48.8. The van der Waals surface area contributed by atoms with Gasteiger partial charge in [-0.3, -0.25) is 24.0 Å². The Morgan fingerprint density at radius 2 is 1.75 bits per heavy atom. The summed E-state index contributed by atoms with van der Waals surface area (Å²) in [6.07, 6.45) is 7.56. The molecule has 0 unspecified atom stereocenters. The third-order valence-electron chi connectivity index (χ3n) is 14.0. The third kappa shape index (κ3) is 11.9. The summed E-state index contributed by atoms with van der Waals surface area (Å²) in [5.74, 6) is -5.25. The van der Waals surface area contributed by atoms with E-state index < -0.39 is 87.4 Å². The number of rotatable bonds is 16. The van der Waals surface area contributed by atoms with Crippen molar-refractivity contribution in [3.63, 3.8) is 0 Å². The number of pyridine rings is 1. The molecule has 13 atom stereocenters. The number of carbonyl (C=O) groups excluding carboxylic acids is 4. The number of amides is 1. The second kappa shape index (κ2) is 22.7. The maximum absolute atomic E-state index is 14.8. The maximum Gasteiger partial charge on any atom is 0.410 e. The number of aryl methyl sites for hydroxylation is 2. The minimum absolute atomic E-state index is 0.0584. The summed E-state index contributed by atoms with van der Waals surface area (Å²) in [4.78, 5) is 69.4. The van der Waals surface area contributed by atoms with E-state index in [1.807, 2.05) is 70.6 Å². The van der Waals surface area contributed by atoms with E-state index in [-0.39, 0.29) is 31.5 Å². The fourth-order valence-corrected chi connectivity index (χ4v) is 10.8. The van der Waals surface area contributed by atoms with Crippen LogP contribution in [0.15, 0.2) is 43.2 Å². The Morgan fingerprint density at radius 3 is 2.45 bits per heavy atom. The van der Waals surface area contributed by atoms with Crippen molar-refractivity contribution >= 4 is 46.2 Å². The molecule has 3 aromatic rings. The lowest BCUT2D eigenvalue weighted by Gasteiger charge is -2.47. The summed E-state index contributed by atoms with van der Waals surface area (Å²) < 4.78 is 34.0. The number of cyclic esters (lactones) is 1. The molecule has 0 spiro atoms. The quantitative estimate of drug-likeness (QED) is 0.0663. The highest BCUT2D eigenvalue weighted by Crippen LogP contribution is 2.44. The SMILES string of the molecule is CO[C@]1(C)C[C@@H](C)C(=O)[C@H](C)[C@H]2N(CCCCn3cnc(-c4cccnc4)c3)C(=O)O[C@]2(C)[C@@H](I)OC(=O)[C@H](C)C(=O)[C@H](C)[C@H]1O[C@@H]1O[C@H](C)C[C@H](N(C)CCc2cn(CCCO)nn2)[C@H]1O. The number of likely N-dealkylation sites (N-methyl/N-ethyl adjacent to an activating group) is 1. The molecule has 0 saturated carbocycles. The number of methoxy groups -OCH3 is 1. The number of fused-ring (bicyclic) bond motifs is 1. The van der Waals surface area contributed by atoms with E-state index in [4.69, 9.17) is 23.7 Å². The van der Waals surface area contributed by atoms with Gasteiger partial charge in [-0.25, -0.2) is 9.78 Å². The highest BCUT2D eigenvalue weighted by molar-refractivity contribution is 14.1. The molecule has 0 aromatic carbocycles. The Labute approximate surface area is 406 Å². The average molecular weight is 1050 g/mol. The van der Waals surface area contributed by atoms with Gasteiger partial charge in [0.1, 0.15) is 17.8 Å². The Balaban J connectivity index is 1.21. The molecular weight excluding hydrogens is 979 g/mol. The van der Waals surface area contributed by atoms with Crippen LogP contribution in [-0.2, 0) is 57.6 Å². The number of aromatic nitrogens is 6. The van der Waals surface area contributed by atoms with Crippen LogP contribution in [0.2, 0.25) is 0 Å². The van der Waals surface area contributed by atoms with Gasteiger partial charge in [0, 0.05) is 100 Å². The average Bonchev–Trinajstić information content (AvgIpc) is 4.05. The first-order valence-corrected chi connectivity index (χ1v) is 24.6. The Hall–Kier alpha value is -3.93. The molecule has 3 aromatic heterocycles. The number of ketones is 2. The number of alkyl halides is 1. The molecule has 19 nitrogen and oxygen atoms in total. The van der Waals surface area contributed by atoms with E-state index in [2.05, 4.69) is 20.3 Å². The predicted molar refractivity (Wildman–Crippen MR) is 252 cm³/mol. The first-order chi connectivity index (χ1) is 31.8. The summed E-state index contributed by atoms with van der Waals surface area (Å²) in [6, 6.07) is 2.57. The van der Waals surface area contributed by atoms with Crippen LogP contribution in [0, 0.1) is 23.7 Å². The van der Waals surface area contributed by atoms with Crippen molar-refractivity contribution < 1.29 is 53.1 Å². The molecule has 2 N–H and O–H groups in total. The number of hydrogen-bond acceptors (Lipinski definition) is 16. The molecule has 0 radical (unpaired) electrons. The highest BCUT2D eigenvalue weighted by atomic mass is 127. The van der Waals surface area contributed by atoms with Crippen molar-refractivity contribution in [2.75, 3.05) is 33.9 Å². The molecule has 3 aliphatic rings. The number of ether oxygens (including phenoxy) is 5. The van der Waals surface area contributed by atoms with Crippen molar-refractivity contribution in [1.82, 2.24) is 39.3 Å². The van der Waals surface area contributed by atoms with Gasteiger partial charge in [-0.15, -0.1) is 5.10 Å². The largest absolute Gasteiger partial charge is 0.447 e. The second-order valence-electron chi connectivity index (χ2n) is 19.1. The van der Waals surface area contributed by atoms with Crippen LogP contribution < -0.4 is 0 Å². The van der Waals surface area contributed by atoms with Crippen LogP contribution in [0.25, 0.3) is 11.3 Å². The third-order valence-corrected chi connectivity index (χ3v) is 15.5. The second-order valence-corrected chi connectivity index (χ2v) is 20.2.